The van der Waals surface area contributed by atoms with Crippen LogP contribution in [0.15, 0.2) is 54.6 Å². The molecule has 2 aromatic carbocycles. The second-order valence-electron chi connectivity index (χ2n) is 8.62. The molecule has 8 nitrogen and oxygen atoms in total. The summed E-state index contributed by atoms with van der Waals surface area (Å²) in [6.45, 7) is 0.692. The first kappa shape index (κ1) is 26.7. The van der Waals surface area contributed by atoms with Gasteiger partial charge >= 0.3 is 11.9 Å². The van der Waals surface area contributed by atoms with Crippen molar-refractivity contribution >= 4 is 29.6 Å². The first-order valence-electron chi connectivity index (χ1n) is 11.8. The third-order valence-electron chi connectivity index (χ3n) is 6.19. The van der Waals surface area contributed by atoms with E-state index in [4.69, 9.17) is 5.73 Å². The predicted molar refractivity (Wildman–Crippen MR) is 136 cm³/mol. The largest absolute Gasteiger partial charge is 0.480 e. The van der Waals surface area contributed by atoms with Gasteiger partial charge in [0, 0.05) is 25.3 Å². The van der Waals surface area contributed by atoms with E-state index in [9.17, 15) is 24.6 Å². The van der Waals surface area contributed by atoms with Crippen LogP contribution in [0.25, 0.3) is 0 Å². The standard InChI is InChI=1S/C26H33N3O5S/c27-13-15-35-14-12-21(28-22(25(31)32)11-10-18-6-2-1-3-7-18)24(30)29-17-20-9-5-4-8-19(20)16-23(29)26(33)34/h1-9,21-23,28H,10-17,27H2,(H,31,32)(H,33,34)/t21-,22?,23-/m0/s1. The second kappa shape index (κ2) is 13.3. The lowest BCUT2D eigenvalue weighted by molar-refractivity contribution is -0.153. The predicted octanol–water partition coefficient (Wildman–Crippen LogP) is 2.15. The number of aryl methyl sites for hydroxylation is 1. The number of hydrogen-bond donors (Lipinski definition) is 4. The Morgan fingerprint density at radius 2 is 1.66 bits per heavy atom. The summed E-state index contributed by atoms with van der Waals surface area (Å²) in [7, 11) is 0. The zero-order valence-corrected chi connectivity index (χ0v) is 20.5. The molecule has 1 heterocycles. The van der Waals surface area contributed by atoms with Crippen molar-refractivity contribution in [1.82, 2.24) is 10.2 Å². The second-order valence-corrected chi connectivity index (χ2v) is 9.84. The summed E-state index contributed by atoms with van der Waals surface area (Å²) in [4.78, 5) is 39.2. The van der Waals surface area contributed by atoms with Crippen LogP contribution in [0, 0.1) is 0 Å². The van der Waals surface area contributed by atoms with E-state index >= 15 is 0 Å². The number of amides is 1. The Balaban J connectivity index is 1.79. The average Bonchev–Trinajstić information content (AvgIpc) is 2.87. The lowest BCUT2D eigenvalue weighted by Crippen LogP contribution is -2.57. The normalized spacial score (nSPS) is 16.8. The minimum atomic E-state index is -1.07. The maximum Gasteiger partial charge on any atom is 0.326 e. The van der Waals surface area contributed by atoms with E-state index in [-0.39, 0.29) is 18.9 Å². The van der Waals surface area contributed by atoms with Crippen molar-refractivity contribution in [3.8, 4) is 0 Å². The molecule has 0 saturated heterocycles. The molecule has 188 valence electrons. The zero-order chi connectivity index (χ0) is 25.2. The number of hydrogen-bond acceptors (Lipinski definition) is 6. The highest BCUT2D eigenvalue weighted by atomic mass is 32.2. The molecular formula is C26H33N3O5S. The summed E-state index contributed by atoms with van der Waals surface area (Å²) in [5.74, 6) is -1.15. The van der Waals surface area contributed by atoms with Gasteiger partial charge in [-0.25, -0.2) is 4.79 Å². The van der Waals surface area contributed by atoms with Gasteiger partial charge in [0.05, 0.1) is 6.04 Å². The summed E-state index contributed by atoms with van der Waals surface area (Å²) in [6.07, 6.45) is 1.46. The molecule has 2 aromatic rings. The third-order valence-corrected chi connectivity index (χ3v) is 7.24. The SMILES string of the molecule is NCCSCC[C@H](NC(CCc1ccccc1)C(=O)O)C(=O)N1Cc2ccccc2C[C@H]1C(=O)O. The molecule has 0 saturated carbocycles. The molecular weight excluding hydrogens is 466 g/mol. The van der Waals surface area contributed by atoms with Crippen molar-refractivity contribution in [2.75, 3.05) is 18.1 Å². The summed E-state index contributed by atoms with van der Waals surface area (Å²) in [5.41, 5.74) is 8.42. The molecule has 1 aliphatic rings. The summed E-state index contributed by atoms with van der Waals surface area (Å²) in [5, 5.41) is 22.8. The fourth-order valence-electron chi connectivity index (χ4n) is 4.32. The van der Waals surface area contributed by atoms with E-state index in [2.05, 4.69) is 5.32 Å². The molecule has 0 radical (unpaired) electrons. The average molecular weight is 500 g/mol. The number of thioether (sulfide) groups is 1. The van der Waals surface area contributed by atoms with E-state index in [0.717, 1.165) is 22.4 Å². The highest BCUT2D eigenvalue weighted by Gasteiger charge is 2.38. The van der Waals surface area contributed by atoms with Crippen molar-refractivity contribution in [1.29, 1.82) is 0 Å². The molecule has 1 unspecified atom stereocenters. The van der Waals surface area contributed by atoms with E-state index < -0.39 is 30.1 Å². The Morgan fingerprint density at radius 3 is 2.31 bits per heavy atom. The van der Waals surface area contributed by atoms with Gasteiger partial charge < -0.3 is 20.8 Å². The molecule has 9 heteroatoms. The number of carbonyl (C=O) groups is 3. The first-order chi connectivity index (χ1) is 16.9. The minimum absolute atomic E-state index is 0.182. The van der Waals surface area contributed by atoms with Crippen molar-refractivity contribution in [3.05, 3.63) is 71.3 Å². The smallest absolute Gasteiger partial charge is 0.326 e. The number of rotatable bonds is 13. The Labute approximate surface area is 209 Å². The lowest BCUT2D eigenvalue weighted by Gasteiger charge is -2.37. The van der Waals surface area contributed by atoms with Crippen LogP contribution in [0.5, 0.6) is 0 Å². The molecule has 0 aliphatic carbocycles. The Morgan fingerprint density at radius 1 is 0.971 bits per heavy atom. The van der Waals surface area contributed by atoms with Gasteiger partial charge in [-0.15, -0.1) is 0 Å². The van der Waals surface area contributed by atoms with Crippen LogP contribution in [0.2, 0.25) is 0 Å². The zero-order valence-electron chi connectivity index (χ0n) is 19.6. The fraction of sp³-hybridized carbons (Fsp3) is 0.423. The van der Waals surface area contributed by atoms with Crippen LogP contribution in [-0.2, 0) is 33.8 Å². The van der Waals surface area contributed by atoms with Gasteiger partial charge in [0.1, 0.15) is 12.1 Å². The number of nitrogens with one attached hydrogen (secondary N) is 1. The summed E-state index contributed by atoms with van der Waals surface area (Å²) < 4.78 is 0. The topological polar surface area (TPSA) is 133 Å². The van der Waals surface area contributed by atoms with Gasteiger partial charge in [0.25, 0.3) is 0 Å². The molecule has 3 rings (SSSR count). The molecule has 0 spiro atoms. The van der Waals surface area contributed by atoms with E-state index in [1.54, 1.807) is 11.8 Å². The number of carboxylic acids is 2. The van der Waals surface area contributed by atoms with Crippen molar-refractivity contribution in [3.63, 3.8) is 0 Å². The quantitative estimate of drug-likeness (QED) is 0.308. The van der Waals surface area contributed by atoms with Crippen molar-refractivity contribution < 1.29 is 24.6 Å². The number of carboxylic acid groups (broad SMARTS) is 2. The minimum Gasteiger partial charge on any atom is -0.480 e. The highest BCUT2D eigenvalue weighted by Crippen LogP contribution is 2.25. The Bertz CT molecular complexity index is 1000. The summed E-state index contributed by atoms with van der Waals surface area (Å²) in [6, 6.07) is 14.3. The number of nitrogens with zero attached hydrogens (tertiary/aromatic N) is 1. The number of carbonyl (C=O) groups excluding carboxylic acids is 1. The Kier molecular flexibility index (Phi) is 10.1. The van der Waals surface area contributed by atoms with Gasteiger partial charge in [-0.2, -0.15) is 11.8 Å². The van der Waals surface area contributed by atoms with Crippen LogP contribution in [0.3, 0.4) is 0 Å². The van der Waals surface area contributed by atoms with Gasteiger partial charge in [-0.1, -0.05) is 54.6 Å². The van der Waals surface area contributed by atoms with E-state index in [0.29, 0.717) is 31.6 Å². The maximum atomic E-state index is 13.7. The molecule has 3 atom stereocenters. The first-order valence-corrected chi connectivity index (χ1v) is 13.0. The van der Waals surface area contributed by atoms with E-state index in [1.807, 2.05) is 54.6 Å². The molecule has 0 bridgehead atoms. The maximum absolute atomic E-state index is 13.7. The van der Waals surface area contributed by atoms with Crippen molar-refractivity contribution in [2.45, 2.75) is 50.4 Å². The monoisotopic (exact) mass is 499 g/mol. The van der Waals surface area contributed by atoms with Crippen LogP contribution in [0.1, 0.15) is 29.5 Å². The molecule has 1 amide bonds. The van der Waals surface area contributed by atoms with Crippen molar-refractivity contribution in [2.24, 2.45) is 5.73 Å². The molecule has 1 aliphatic heterocycles. The Hall–Kier alpha value is -2.88. The van der Waals surface area contributed by atoms with Crippen LogP contribution < -0.4 is 11.1 Å². The van der Waals surface area contributed by atoms with Crippen LogP contribution in [-0.4, -0.2) is 69.1 Å². The van der Waals surface area contributed by atoms with Gasteiger partial charge in [-0.3, -0.25) is 14.9 Å². The van der Waals surface area contributed by atoms with Gasteiger partial charge in [-0.05, 0) is 41.7 Å². The number of benzene rings is 2. The molecule has 0 aromatic heterocycles. The fourth-order valence-corrected chi connectivity index (χ4v) is 5.09. The molecule has 0 fully saturated rings. The third kappa shape index (κ3) is 7.55. The number of nitrogens with two attached hydrogens (primary N) is 1. The highest BCUT2D eigenvalue weighted by molar-refractivity contribution is 7.99. The summed E-state index contributed by atoms with van der Waals surface area (Å²) >= 11 is 1.59. The number of aliphatic carboxylic acids is 2. The van der Waals surface area contributed by atoms with Crippen LogP contribution >= 0.6 is 11.8 Å². The number of fused-ring (bicyclic) bond motifs is 1. The van der Waals surface area contributed by atoms with E-state index in [1.165, 1.54) is 4.90 Å². The van der Waals surface area contributed by atoms with Gasteiger partial charge in [0.15, 0.2) is 0 Å². The lowest BCUT2D eigenvalue weighted by atomic mass is 9.93. The van der Waals surface area contributed by atoms with Crippen LogP contribution in [0.4, 0.5) is 0 Å². The molecule has 35 heavy (non-hydrogen) atoms. The molecule has 5 N–H and O–H groups in total. The van der Waals surface area contributed by atoms with Gasteiger partial charge in [0.2, 0.25) is 5.91 Å².